The molecule has 1 aromatic carbocycles. The maximum atomic E-state index is 13.6. The molecule has 136 valence electrons. The van der Waals surface area contributed by atoms with Gasteiger partial charge in [0.1, 0.15) is 11.6 Å². The molecule has 1 amide bonds. The molecule has 0 saturated carbocycles. The number of hydrogen-bond donors (Lipinski definition) is 1. The van der Waals surface area contributed by atoms with Gasteiger partial charge in [-0.05, 0) is 18.2 Å². The van der Waals surface area contributed by atoms with Crippen LogP contribution < -0.4 is 5.56 Å². The second-order valence-corrected chi connectivity index (χ2v) is 5.79. The quantitative estimate of drug-likeness (QED) is 0.756. The Bertz CT molecular complexity index is 1010. The molecule has 1 N–H and O–H groups in total. The molecule has 26 heavy (non-hydrogen) atoms. The summed E-state index contributed by atoms with van der Waals surface area (Å²) in [7, 11) is 1.45. The molecular formula is C17H15F3N4O2. The van der Waals surface area contributed by atoms with Gasteiger partial charge in [0.25, 0.3) is 12.3 Å². The highest BCUT2D eigenvalue weighted by atomic mass is 19.3. The molecule has 2 heterocycles. The number of aromatic nitrogens is 3. The number of carbonyl (C=O) groups excluding carboxylic acids is 1. The second kappa shape index (κ2) is 7.03. The number of fused-ring (bicyclic) bond motifs is 1. The Balaban J connectivity index is 1.92. The highest BCUT2D eigenvalue weighted by Crippen LogP contribution is 2.18. The lowest BCUT2D eigenvalue weighted by atomic mass is 10.1. The largest absolute Gasteiger partial charge is 0.334 e. The third-order valence-electron chi connectivity index (χ3n) is 3.90. The molecule has 0 saturated heterocycles. The third kappa shape index (κ3) is 3.61. The first-order valence-corrected chi connectivity index (χ1v) is 7.71. The minimum atomic E-state index is -2.55. The summed E-state index contributed by atoms with van der Waals surface area (Å²) in [6.45, 7) is -0.571. The van der Waals surface area contributed by atoms with Crippen molar-refractivity contribution in [2.75, 3.05) is 7.05 Å². The first-order chi connectivity index (χ1) is 12.3. The van der Waals surface area contributed by atoms with Crippen molar-refractivity contribution in [3.05, 3.63) is 64.2 Å². The van der Waals surface area contributed by atoms with Gasteiger partial charge in [-0.1, -0.05) is 0 Å². The minimum Gasteiger partial charge on any atom is -0.334 e. The Kier molecular flexibility index (Phi) is 4.79. The number of amides is 1. The summed E-state index contributed by atoms with van der Waals surface area (Å²) < 4.78 is 40.0. The standard InChI is InChI=1S/C17H15F3N4O2/c1-23(9-15-21-4-5-24(15)8-14(19)20)17(26)12-7-16(25)22-13-3-2-10(18)6-11(12)13/h2-7,14H,8-9H2,1H3,(H,22,25). The molecule has 3 rings (SSSR count). The van der Waals surface area contributed by atoms with Gasteiger partial charge in [0.15, 0.2) is 0 Å². The predicted octanol–water partition coefficient (Wildman–Crippen LogP) is 2.40. The fraction of sp³-hybridized carbons (Fsp3) is 0.235. The summed E-state index contributed by atoms with van der Waals surface area (Å²) in [5, 5.41) is 0.261. The maximum Gasteiger partial charge on any atom is 0.256 e. The molecule has 9 heteroatoms. The normalized spacial score (nSPS) is 11.3. The van der Waals surface area contributed by atoms with Gasteiger partial charge in [-0.3, -0.25) is 9.59 Å². The first kappa shape index (κ1) is 17.7. The monoisotopic (exact) mass is 364 g/mol. The van der Waals surface area contributed by atoms with Gasteiger partial charge in [0.2, 0.25) is 5.56 Å². The molecular weight excluding hydrogens is 349 g/mol. The molecule has 6 nitrogen and oxygen atoms in total. The van der Waals surface area contributed by atoms with Crippen molar-refractivity contribution in [2.45, 2.75) is 19.5 Å². The highest BCUT2D eigenvalue weighted by Gasteiger charge is 2.19. The maximum absolute atomic E-state index is 13.6. The Morgan fingerprint density at radius 2 is 2.12 bits per heavy atom. The summed E-state index contributed by atoms with van der Waals surface area (Å²) in [6, 6.07) is 4.80. The van der Waals surface area contributed by atoms with Crippen LogP contribution in [0.2, 0.25) is 0 Å². The predicted molar refractivity (Wildman–Crippen MR) is 88.6 cm³/mol. The van der Waals surface area contributed by atoms with E-state index in [9.17, 15) is 22.8 Å². The van der Waals surface area contributed by atoms with Crippen LogP contribution in [-0.4, -0.2) is 38.8 Å². The first-order valence-electron chi connectivity index (χ1n) is 7.71. The van der Waals surface area contributed by atoms with Crippen LogP contribution in [0.15, 0.2) is 41.5 Å². The van der Waals surface area contributed by atoms with E-state index in [1.165, 1.54) is 41.0 Å². The zero-order chi connectivity index (χ0) is 18.8. The van der Waals surface area contributed by atoms with Crippen LogP contribution >= 0.6 is 0 Å². The van der Waals surface area contributed by atoms with Crippen molar-refractivity contribution in [1.29, 1.82) is 0 Å². The fourth-order valence-electron chi connectivity index (χ4n) is 2.70. The molecule has 0 atom stereocenters. The molecule has 2 aromatic heterocycles. The lowest BCUT2D eigenvalue weighted by molar-refractivity contribution is 0.0778. The summed E-state index contributed by atoms with van der Waals surface area (Å²) in [5.74, 6) is -0.812. The number of alkyl halides is 2. The molecule has 0 aliphatic rings. The molecule has 0 unspecified atom stereocenters. The second-order valence-electron chi connectivity index (χ2n) is 5.79. The lowest BCUT2D eigenvalue weighted by Crippen LogP contribution is -2.29. The number of benzene rings is 1. The van der Waals surface area contributed by atoms with Crippen LogP contribution in [0.1, 0.15) is 16.2 Å². The van der Waals surface area contributed by atoms with Gasteiger partial charge < -0.3 is 14.5 Å². The Morgan fingerprint density at radius 1 is 1.35 bits per heavy atom. The summed E-state index contributed by atoms with van der Waals surface area (Å²) in [5.41, 5.74) is -0.146. The average molecular weight is 364 g/mol. The number of pyridine rings is 1. The molecule has 0 spiro atoms. The van der Waals surface area contributed by atoms with Gasteiger partial charge in [-0.25, -0.2) is 18.2 Å². The fourth-order valence-corrected chi connectivity index (χ4v) is 2.70. The SMILES string of the molecule is CN(Cc1nccn1CC(F)F)C(=O)c1cc(=O)[nH]c2ccc(F)cc12. The van der Waals surface area contributed by atoms with Crippen molar-refractivity contribution in [3.63, 3.8) is 0 Å². The molecule has 3 aromatic rings. The molecule has 0 fully saturated rings. The number of hydrogen-bond acceptors (Lipinski definition) is 3. The number of rotatable bonds is 5. The number of H-pyrrole nitrogens is 1. The zero-order valence-corrected chi connectivity index (χ0v) is 13.7. The van der Waals surface area contributed by atoms with Gasteiger partial charge in [-0.2, -0.15) is 0 Å². The number of carbonyl (C=O) groups is 1. The Morgan fingerprint density at radius 3 is 2.85 bits per heavy atom. The van der Waals surface area contributed by atoms with E-state index in [0.29, 0.717) is 5.52 Å². The van der Waals surface area contributed by atoms with Crippen molar-refractivity contribution in [2.24, 2.45) is 0 Å². The van der Waals surface area contributed by atoms with Gasteiger partial charge in [0, 0.05) is 36.4 Å². The van der Waals surface area contributed by atoms with Crippen LogP contribution in [0.3, 0.4) is 0 Å². The van der Waals surface area contributed by atoms with Gasteiger partial charge >= 0.3 is 0 Å². The van der Waals surface area contributed by atoms with E-state index in [-0.39, 0.29) is 23.3 Å². The van der Waals surface area contributed by atoms with E-state index < -0.39 is 30.3 Å². The number of halogens is 3. The summed E-state index contributed by atoms with van der Waals surface area (Å²) >= 11 is 0. The zero-order valence-electron chi connectivity index (χ0n) is 13.7. The Hall–Kier alpha value is -3.10. The van der Waals surface area contributed by atoms with Crippen molar-refractivity contribution < 1.29 is 18.0 Å². The van der Waals surface area contributed by atoms with Crippen LogP contribution in [-0.2, 0) is 13.1 Å². The minimum absolute atomic E-state index is 0.0257. The smallest absolute Gasteiger partial charge is 0.256 e. The van der Waals surface area contributed by atoms with Crippen LogP contribution in [0.25, 0.3) is 10.9 Å². The number of imidazole rings is 1. The molecule has 0 radical (unpaired) electrons. The van der Waals surface area contributed by atoms with E-state index in [2.05, 4.69) is 9.97 Å². The van der Waals surface area contributed by atoms with Crippen LogP contribution in [0, 0.1) is 5.82 Å². The van der Waals surface area contributed by atoms with E-state index in [1.807, 2.05) is 0 Å². The van der Waals surface area contributed by atoms with Crippen LogP contribution in [0.4, 0.5) is 13.2 Å². The van der Waals surface area contributed by atoms with Crippen molar-refractivity contribution in [3.8, 4) is 0 Å². The number of aromatic amines is 1. The van der Waals surface area contributed by atoms with Crippen molar-refractivity contribution in [1.82, 2.24) is 19.4 Å². The summed E-state index contributed by atoms with van der Waals surface area (Å²) in [4.78, 5) is 32.3. The number of nitrogens with zero attached hydrogens (tertiary/aromatic N) is 3. The molecule has 0 aliphatic heterocycles. The van der Waals surface area contributed by atoms with E-state index in [1.54, 1.807) is 0 Å². The summed E-state index contributed by atoms with van der Waals surface area (Å²) in [6.07, 6.45) is 0.217. The van der Waals surface area contributed by atoms with Gasteiger partial charge in [0.05, 0.1) is 18.7 Å². The lowest BCUT2D eigenvalue weighted by Gasteiger charge is -2.18. The molecule has 0 bridgehead atoms. The third-order valence-corrected chi connectivity index (χ3v) is 3.90. The van der Waals surface area contributed by atoms with E-state index >= 15 is 0 Å². The topological polar surface area (TPSA) is 71.0 Å². The Labute approximate surface area is 145 Å². The number of nitrogens with one attached hydrogen (secondary N) is 1. The highest BCUT2D eigenvalue weighted by molar-refractivity contribution is 6.05. The average Bonchev–Trinajstić information content (AvgIpc) is 3.00. The van der Waals surface area contributed by atoms with E-state index in [4.69, 9.17) is 0 Å². The van der Waals surface area contributed by atoms with E-state index in [0.717, 1.165) is 12.1 Å². The van der Waals surface area contributed by atoms with Gasteiger partial charge in [-0.15, -0.1) is 0 Å². The van der Waals surface area contributed by atoms with Crippen LogP contribution in [0.5, 0.6) is 0 Å². The molecule has 0 aliphatic carbocycles. The van der Waals surface area contributed by atoms with Crippen molar-refractivity contribution >= 4 is 16.8 Å².